The van der Waals surface area contributed by atoms with Gasteiger partial charge in [-0.15, -0.1) is 5.10 Å². The molecule has 0 aliphatic carbocycles. The van der Waals surface area contributed by atoms with Gasteiger partial charge in [0.05, 0.1) is 25.0 Å². The van der Waals surface area contributed by atoms with Crippen molar-refractivity contribution in [3.8, 4) is 5.75 Å². The maximum Gasteiger partial charge on any atom is 0.246 e. The van der Waals surface area contributed by atoms with Crippen LogP contribution in [0, 0.1) is 0 Å². The maximum atomic E-state index is 13.1. The fourth-order valence-electron chi connectivity index (χ4n) is 3.85. The van der Waals surface area contributed by atoms with Crippen LogP contribution in [0.3, 0.4) is 0 Å². The summed E-state index contributed by atoms with van der Waals surface area (Å²) in [5, 5.41) is 15.0. The Morgan fingerprint density at radius 1 is 1.30 bits per heavy atom. The summed E-state index contributed by atoms with van der Waals surface area (Å²) < 4.78 is 40.5. The summed E-state index contributed by atoms with van der Waals surface area (Å²) in [5.74, 6) is 0.0678. The number of thioether (sulfide) groups is 1. The largest absolute Gasteiger partial charge is 0.492 e. The molecule has 3 heterocycles. The number of ether oxygens (including phenoxy) is 2. The quantitative estimate of drug-likeness (QED) is 0.489. The van der Waals surface area contributed by atoms with Gasteiger partial charge in [-0.05, 0) is 61.2 Å². The predicted molar refractivity (Wildman–Crippen MR) is 122 cm³/mol. The molecule has 13 heteroatoms. The van der Waals surface area contributed by atoms with E-state index in [2.05, 4.69) is 20.8 Å². The van der Waals surface area contributed by atoms with Crippen molar-refractivity contribution in [3.63, 3.8) is 0 Å². The predicted octanol–water partition coefficient (Wildman–Crippen LogP) is 1.77. The summed E-state index contributed by atoms with van der Waals surface area (Å²) in [7, 11) is -3.70. The van der Waals surface area contributed by atoms with Gasteiger partial charge in [-0.25, -0.2) is 13.1 Å². The SMILES string of the molecule is CCOc1ccc(NC(=O)CSc2nnnn2C[C@@H]2CCCO2)cc1S(=O)(=O)N1CCCC1. The Balaban J connectivity index is 1.41. The van der Waals surface area contributed by atoms with E-state index in [4.69, 9.17) is 9.47 Å². The van der Waals surface area contributed by atoms with E-state index in [9.17, 15) is 13.2 Å². The first-order valence-electron chi connectivity index (χ1n) is 11.0. The van der Waals surface area contributed by atoms with Crippen molar-refractivity contribution in [1.29, 1.82) is 0 Å². The molecule has 1 atom stereocenters. The molecule has 0 saturated carbocycles. The van der Waals surface area contributed by atoms with E-state index in [1.807, 2.05) is 0 Å². The van der Waals surface area contributed by atoms with Crippen LogP contribution in [0.5, 0.6) is 5.75 Å². The van der Waals surface area contributed by atoms with Crippen molar-refractivity contribution in [2.75, 3.05) is 37.4 Å². The Labute approximate surface area is 197 Å². The lowest BCUT2D eigenvalue weighted by molar-refractivity contribution is -0.113. The topological polar surface area (TPSA) is 129 Å². The maximum absolute atomic E-state index is 13.1. The molecule has 2 saturated heterocycles. The van der Waals surface area contributed by atoms with Crippen molar-refractivity contribution in [1.82, 2.24) is 24.5 Å². The first kappa shape index (κ1) is 23.9. The zero-order chi connectivity index (χ0) is 23.3. The number of carbonyl (C=O) groups excluding carboxylic acids is 1. The highest BCUT2D eigenvalue weighted by molar-refractivity contribution is 7.99. The number of sulfonamides is 1. The molecule has 0 spiro atoms. The molecule has 33 heavy (non-hydrogen) atoms. The minimum absolute atomic E-state index is 0.0669. The van der Waals surface area contributed by atoms with Crippen molar-refractivity contribution in [2.45, 2.75) is 55.3 Å². The van der Waals surface area contributed by atoms with Crippen LogP contribution < -0.4 is 10.1 Å². The van der Waals surface area contributed by atoms with Crippen LogP contribution >= 0.6 is 11.8 Å². The first-order chi connectivity index (χ1) is 16.0. The van der Waals surface area contributed by atoms with Crippen LogP contribution in [-0.4, -0.2) is 77.0 Å². The molecule has 180 valence electrons. The molecule has 1 aromatic carbocycles. The second kappa shape index (κ2) is 10.8. The molecule has 11 nitrogen and oxygen atoms in total. The van der Waals surface area contributed by atoms with Crippen LogP contribution in [0.25, 0.3) is 0 Å². The molecule has 0 radical (unpaired) electrons. The lowest BCUT2D eigenvalue weighted by Crippen LogP contribution is -2.28. The number of nitrogens with one attached hydrogen (secondary N) is 1. The van der Waals surface area contributed by atoms with E-state index >= 15 is 0 Å². The smallest absolute Gasteiger partial charge is 0.246 e. The summed E-state index contributed by atoms with van der Waals surface area (Å²) in [6.45, 7) is 4.41. The van der Waals surface area contributed by atoms with Crippen molar-refractivity contribution in [2.24, 2.45) is 0 Å². The zero-order valence-electron chi connectivity index (χ0n) is 18.5. The van der Waals surface area contributed by atoms with Crippen LogP contribution in [-0.2, 0) is 26.1 Å². The molecule has 1 N–H and O–H groups in total. The van der Waals surface area contributed by atoms with Gasteiger partial charge in [0.25, 0.3) is 0 Å². The summed E-state index contributed by atoms with van der Waals surface area (Å²) in [6, 6.07) is 4.68. The molecule has 2 aliphatic rings. The summed E-state index contributed by atoms with van der Waals surface area (Å²) in [4.78, 5) is 12.6. The number of rotatable bonds is 10. The van der Waals surface area contributed by atoms with Crippen LogP contribution in [0.2, 0.25) is 0 Å². The van der Waals surface area contributed by atoms with Gasteiger partial charge < -0.3 is 14.8 Å². The third kappa shape index (κ3) is 5.83. The van der Waals surface area contributed by atoms with Gasteiger partial charge in [-0.2, -0.15) is 4.31 Å². The molecular weight excluding hydrogens is 468 g/mol. The number of aromatic nitrogens is 4. The van der Waals surface area contributed by atoms with Gasteiger partial charge in [0.15, 0.2) is 0 Å². The number of anilines is 1. The number of hydrogen-bond acceptors (Lipinski definition) is 9. The second-order valence-corrected chi connectivity index (χ2v) is 10.7. The Morgan fingerprint density at radius 3 is 2.85 bits per heavy atom. The third-order valence-electron chi connectivity index (χ3n) is 5.44. The van der Waals surface area contributed by atoms with Gasteiger partial charge in [0.2, 0.25) is 21.1 Å². The minimum atomic E-state index is -3.70. The van der Waals surface area contributed by atoms with E-state index < -0.39 is 10.0 Å². The molecule has 4 rings (SSSR count). The van der Waals surface area contributed by atoms with Crippen LogP contribution in [0.1, 0.15) is 32.6 Å². The van der Waals surface area contributed by atoms with E-state index in [0.29, 0.717) is 37.1 Å². The molecule has 1 amide bonds. The fourth-order valence-corrected chi connectivity index (χ4v) is 6.21. The average Bonchev–Trinajstić information content (AvgIpc) is 3.57. The van der Waals surface area contributed by atoms with E-state index in [-0.39, 0.29) is 28.4 Å². The highest BCUT2D eigenvalue weighted by Gasteiger charge is 2.30. The van der Waals surface area contributed by atoms with Gasteiger partial charge in [0, 0.05) is 25.4 Å². The molecule has 0 unspecified atom stereocenters. The fraction of sp³-hybridized carbons (Fsp3) is 0.600. The summed E-state index contributed by atoms with van der Waals surface area (Å²) in [5.41, 5.74) is 0.390. The van der Waals surface area contributed by atoms with Crippen molar-refractivity contribution in [3.05, 3.63) is 18.2 Å². The highest BCUT2D eigenvalue weighted by Crippen LogP contribution is 2.32. The number of benzene rings is 1. The molecule has 2 fully saturated rings. The van der Waals surface area contributed by atoms with Crippen molar-refractivity contribution >= 4 is 33.4 Å². The first-order valence-corrected chi connectivity index (χ1v) is 13.5. The molecule has 1 aromatic heterocycles. The standard InChI is InChI=1S/C20H28N6O5S2/c1-2-30-17-8-7-15(12-18(17)33(28,29)25-9-3-4-10-25)21-19(27)14-32-20-22-23-24-26(20)13-16-6-5-11-31-16/h7-8,12,16H,2-6,9-11,13-14H2,1H3,(H,21,27)/t16-/m0/s1. The van der Waals surface area contributed by atoms with E-state index in [1.165, 1.54) is 22.1 Å². The Hall–Kier alpha value is -2.22. The highest BCUT2D eigenvalue weighted by atomic mass is 32.2. The molecule has 2 aliphatic heterocycles. The second-order valence-electron chi connectivity index (χ2n) is 7.82. The van der Waals surface area contributed by atoms with Gasteiger partial charge in [0.1, 0.15) is 10.6 Å². The molecule has 0 bridgehead atoms. The van der Waals surface area contributed by atoms with Crippen LogP contribution in [0.4, 0.5) is 5.69 Å². The summed E-state index contributed by atoms with van der Waals surface area (Å²) >= 11 is 1.21. The van der Waals surface area contributed by atoms with Gasteiger partial charge >= 0.3 is 0 Å². The van der Waals surface area contributed by atoms with Crippen molar-refractivity contribution < 1.29 is 22.7 Å². The zero-order valence-corrected chi connectivity index (χ0v) is 20.1. The molecular formula is C20H28N6O5S2. The minimum Gasteiger partial charge on any atom is -0.492 e. The number of carbonyl (C=O) groups is 1. The number of amides is 1. The normalized spacial score (nSPS) is 19.1. The Morgan fingerprint density at radius 2 is 2.12 bits per heavy atom. The average molecular weight is 497 g/mol. The number of tetrazole rings is 1. The van der Waals surface area contributed by atoms with Crippen LogP contribution in [0.15, 0.2) is 28.3 Å². The number of hydrogen-bond donors (Lipinski definition) is 1. The lowest BCUT2D eigenvalue weighted by Gasteiger charge is -2.19. The number of nitrogens with zero attached hydrogens (tertiary/aromatic N) is 5. The van der Waals surface area contributed by atoms with Gasteiger partial charge in [-0.1, -0.05) is 11.8 Å². The van der Waals surface area contributed by atoms with E-state index in [1.54, 1.807) is 23.7 Å². The monoisotopic (exact) mass is 496 g/mol. The van der Waals surface area contributed by atoms with Gasteiger partial charge in [-0.3, -0.25) is 4.79 Å². The lowest BCUT2D eigenvalue weighted by atomic mass is 10.2. The molecule has 2 aromatic rings. The third-order valence-corrected chi connectivity index (χ3v) is 8.32. The Kier molecular flexibility index (Phi) is 7.83. The summed E-state index contributed by atoms with van der Waals surface area (Å²) in [6.07, 6.45) is 3.74. The van der Waals surface area contributed by atoms with E-state index in [0.717, 1.165) is 32.3 Å². The Bertz CT molecular complexity index is 1060.